The number of hydrogen-bond acceptors (Lipinski definition) is 7. The number of aromatic nitrogens is 2. The maximum absolute atomic E-state index is 12.0. The normalized spacial score (nSPS) is 16.8. The van der Waals surface area contributed by atoms with E-state index in [2.05, 4.69) is 14.9 Å². The fourth-order valence-electron chi connectivity index (χ4n) is 2.48. The highest BCUT2D eigenvalue weighted by Gasteiger charge is 2.34. The van der Waals surface area contributed by atoms with Crippen LogP contribution in [-0.4, -0.2) is 29.6 Å². The molecule has 2 heterocycles. The number of hydrogen-bond donors (Lipinski definition) is 0. The van der Waals surface area contributed by atoms with Gasteiger partial charge in [-0.1, -0.05) is 0 Å². The molecule has 0 saturated carbocycles. The predicted octanol–water partition coefficient (Wildman–Crippen LogP) is 2.83. The molecule has 1 unspecified atom stereocenters. The van der Waals surface area contributed by atoms with Crippen molar-refractivity contribution in [1.29, 1.82) is 0 Å². The molecule has 0 aliphatic heterocycles. The zero-order chi connectivity index (χ0) is 14.8. The van der Waals surface area contributed by atoms with E-state index in [1.54, 1.807) is 22.7 Å². The Morgan fingerprint density at radius 2 is 2.43 bits per heavy atom. The van der Waals surface area contributed by atoms with Crippen LogP contribution in [0.15, 0.2) is 10.9 Å². The van der Waals surface area contributed by atoms with Gasteiger partial charge in [0.1, 0.15) is 5.92 Å². The highest BCUT2D eigenvalue weighted by atomic mass is 32.1. The van der Waals surface area contributed by atoms with Crippen LogP contribution in [0.25, 0.3) is 0 Å². The van der Waals surface area contributed by atoms with Gasteiger partial charge in [0.15, 0.2) is 5.13 Å². The van der Waals surface area contributed by atoms with Crippen LogP contribution in [-0.2, 0) is 22.5 Å². The quantitative estimate of drug-likeness (QED) is 0.792. The summed E-state index contributed by atoms with van der Waals surface area (Å²) >= 11 is 3.27. The van der Waals surface area contributed by atoms with E-state index in [-0.39, 0.29) is 11.9 Å². The van der Waals surface area contributed by atoms with Crippen LogP contribution in [0.2, 0.25) is 0 Å². The average molecular weight is 323 g/mol. The molecule has 2 aromatic rings. The molecule has 0 spiro atoms. The van der Waals surface area contributed by atoms with E-state index < -0.39 is 0 Å². The highest BCUT2D eigenvalue weighted by Crippen LogP contribution is 2.40. The second-order valence-electron chi connectivity index (χ2n) is 4.98. The Bertz CT molecular complexity index is 624. The summed E-state index contributed by atoms with van der Waals surface area (Å²) in [5.41, 5.74) is 3.79. The number of anilines is 1. The summed E-state index contributed by atoms with van der Waals surface area (Å²) in [6.07, 6.45) is 1.74. The van der Waals surface area contributed by atoms with E-state index in [4.69, 9.17) is 4.74 Å². The van der Waals surface area contributed by atoms with Gasteiger partial charge < -0.3 is 9.64 Å². The van der Waals surface area contributed by atoms with Gasteiger partial charge in [-0.15, -0.1) is 22.7 Å². The van der Waals surface area contributed by atoms with Crippen LogP contribution in [0.1, 0.15) is 35.5 Å². The number of aryl methyl sites for hydroxylation is 1. The number of rotatable bonds is 5. The largest absolute Gasteiger partial charge is 0.465 e. The Morgan fingerprint density at radius 1 is 1.57 bits per heavy atom. The first kappa shape index (κ1) is 14.5. The molecule has 1 aliphatic carbocycles. The first-order valence-electron chi connectivity index (χ1n) is 6.93. The van der Waals surface area contributed by atoms with E-state index in [1.807, 2.05) is 24.9 Å². The lowest BCUT2D eigenvalue weighted by Crippen LogP contribution is -2.17. The van der Waals surface area contributed by atoms with Crippen molar-refractivity contribution >= 4 is 33.8 Å². The first-order chi connectivity index (χ1) is 10.2. The van der Waals surface area contributed by atoms with Crippen molar-refractivity contribution in [2.75, 3.05) is 18.6 Å². The van der Waals surface area contributed by atoms with Gasteiger partial charge in [-0.05, 0) is 19.8 Å². The first-order valence-corrected chi connectivity index (χ1v) is 8.69. The molecular weight excluding hydrogens is 306 g/mol. The molecule has 1 aliphatic rings. The SMILES string of the molecule is CCOC(=O)C1CCc2sc(N(C)Cc3cscn3)nc21. The molecule has 1 atom stereocenters. The Hall–Kier alpha value is -1.47. The van der Waals surface area contributed by atoms with Gasteiger partial charge in [-0.2, -0.15) is 0 Å². The predicted molar refractivity (Wildman–Crippen MR) is 84.0 cm³/mol. The number of esters is 1. The fourth-order valence-corrected chi connectivity index (χ4v) is 4.12. The molecule has 2 aromatic heterocycles. The molecule has 7 heteroatoms. The third-order valence-corrected chi connectivity index (χ3v) is 5.37. The summed E-state index contributed by atoms with van der Waals surface area (Å²) in [5.74, 6) is -0.326. The van der Waals surface area contributed by atoms with Crippen LogP contribution in [0.3, 0.4) is 0 Å². The molecule has 0 radical (unpaired) electrons. The van der Waals surface area contributed by atoms with Crippen molar-refractivity contribution in [1.82, 2.24) is 9.97 Å². The van der Waals surface area contributed by atoms with Gasteiger partial charge in [-0.25, -0.2) is 9.97 Å². The minimum absolute atomic E-state index is 0.143. The zero-order valence-electron chi connectivity index (χ0n) is 12.0. The Labute approximate surface area is 131 Å². The molecule has 112 valence electrons. The van der Waals surface area contributed by atoms with Crippen molar-refractivity contribution < 1.29 is 9.53 Å². The molecule has 0 fully saturated rings. The number of ether oxygens (including phenoxy) is 1. The number of fused-ring (bicyclic) bond motifs is 1. The fraction of sp³-hybridized carbons (Fsp3) is 0.500. The number of nitrogens with zero attached hydrogens (tertiary/aromatic N) is 3. The summed E-state index contributed by atoms with van der Waals surface area (Å²) in [4.78, 5) is 24.2. The van der Waals surface area contributed by atoms with Gasteiger partial charge >= 0.3 is 5.97 Å². The Kier molecular flexibility index (Phi) is 4.21. The number of carbonyl (C=O) groups is 1. The van der Waals surface area contributed by atoms with E-state index in [0.717, 1.165) is 35.9 Å². The second kappa shape index (κ2) is 6.11. The van der Waals surface area contributed by atoms with Gasteiger partial charge in [0.25, 0.3) is 0 Å². The lowest BCUT2D eigenvalue weighted by molar-refractivity contribution is -0.145. The molecule has 3 rings (SSSR count). The molecule has 0 amide bonds. The third kappa shape index (κ3) is 2.94. The van der Waals surface area contributed by atoms with E-state index in [9.17, 15) is 4.79 Å². The van der Waals surface area contributed by atoms with Crippen LogP contribution >= 0.6 is 22.7 Å². The molecule has 5 nitrogen and oxygen atoms in total. The van der Waals surface area contributed by atoms with Gasteiger partial charge in [-0.3, -0.25) is 4.79 Å². The van der Waals surface area contributed by atoms with Crippen LogP contribution in [0.4, 0.5) is 5.13 Å². The lowest BCUT2D eigenvalue weighted by Gasteiger charge is -2.14. The molecule has 0 bridgehead atoms. The van der Waals surface area contributed by atoms with Crippen molar-refractivity contribution in [2.45, 2.75) is 32.2 Å². The number of thiazole rings is 2. The van der Waals surface area contributed by atoms with Gasteiger partial charge in [0, 0.05) is 17.3 Å². The molecular formula is C14H17N3O2S2. The highest BCUT2D eigenvalue weighted by molar-refractivity contribution is 7.15. The minimum Gasteiger partial charge on any atom is -0.465 e. The monoisotopic (exact) mass is 323 g/mol. The minimum atomic E-state index is -0.183. The second-order valence-corrected chi connectivity index (χ2v) is 6.76. The van der Waals surface area contributed by atoms with E-state index in [0.29, 0.717) is 6.61 Å². The summed E-state index contributed by atoms with van der Waals surface area (Å²) in [6.45, 7) is 2.99. The average Bonchev–Trinajstić information content (AvgIpc) is 3.14. The maximum Gasteiger partial charge on any atom is 0.315 e. The maximum atomic E-state index is 12.0. The summed E-state index contributed by atoms with van der Waals surface area (Å²) in [6, 6.07) is 0. The van der Waals surface area contributed by atoms with E-state index >= 15 is 0 Å². The Balaban J connectivity index is 1.75. The van der Waals surface area contributed by atoms with Gasteiger partial charge in [0.2, 0.25) is 0 Å². The standard InChI is InChI=1S/C14H17N3O2S2/c1-3-19-13(18)10-4-5-11-12(10)16-14(21-11)17(2)6-9-7-20-8-15-9/h7-8,10H,3-6H2,1-2H3. The van der Waals surface area contributed by atoms with Crippen LogP contribution < -0.4 is 4.90 Å². The van der Waals surface area contributed by atoms with Crippen molar-refractivity contribution in [3.05, 3.63) is 27.2 Å². The third-order valence-electron chi connectivity index (χ3n) is 3.49. The van der Waals surface area contributed by atoms with Crippen molar-refractivity contribution in [2.24, 2.45) is 0 Å². The van der Waals surface area contributed by atoms with Gasteiger partial charge in [0.05, 0.1) is 30.1 Å². The smallest absolute Gasteiger partial charge is 0.315 e. The molecule has 0 aromatic carbocycles. The van der Waals surface area contributed by atoms with E-state index in [1.165, 1.54) is 4.88 Å². The van der Waals surface area contributed by atoms with Crippen LogP contribution in [0.5, 0.6) is 0 Å². The molecule has 0 N–H and O–H groups in total. The summed E-state index contributed by atoms with van der Waals surface area (Å²) < 4.78 is 5.14. The summed E-state index contributed by atoms with van der Waals surface area (Å²) in [5, 5.41) is 2.99. The lowest BCUT2D eigenvalue weighted by atomic mass is 10.1. The zero-order valence-corrected chi connectivity index (χ0v) is 13.7. The molecule has 21 heavy (non-hydrogen) atoms. The Morgan fingerprint density at radius 3 is 3.14 bits per heavy atom. The van der Waals surface area contributed by atoms with Crippen LogP contribution in [0, 0.1) is 0 Å². The van der Waals surface area contributed by atoms with Crippen molar-refractivity contribution in [3.63, 3.8) is 0 Å². The summed E-state index contributed by atoms with van der Waals surface area (Å²) in [7, 11) is 2.01. The molecule has 0 saturated heterocycles. The number of carbonyl (C=O) groups excluding carboxylic acids is 1. The van der Waals surface area contributed by atoms with Crippen molar-refractivity contribution in [3.8, 4) is 0 Å². The topological polar surface area (TPSA) is 55.3 Å².